The monoisotopic (exact) mass is 837 g/mol. The van der Waals surface area contributed by atoms with Crippen LogP contribution >= 0.6 is 0 Å². The Balaban J connectivity index is 1.36. The van der Waals surface area contributed by atoms with Crippen LogP contribution in [0.5, 0.6) is 17.4 Å². The van der Waals surface area contributed by atoms with E-state index >= 15 is 0 Å². The van der Waals surface area contributed by atoms with Gasteiger partial charge in [-0.15, -0.1) is 0 Å². The Kier molecular flexibility index (Phi) is 11.9. The number of rotatable bonds is 9. The second-order valence-electron chi connectivity index (χ2n) is 16.3. The highest BCUT2D eigenvalue weighted by atomic mass is 32.2. The highest BCUT2D eigenvalue weighted by molar-refractivity contribution is 7.91. The van der Waals surface area contributed by atoms with Gasteiger partial charge >= 0.3 is 12.3 Å². The van der Waals surface area contributed by atoms with Gasteiger partial charge in [0.2, 0.25) is 33.3 Å². The fourth-order valence-corrected chi connectivity index (χ4v) is 9.03. The number of hydrogen-bond acceptors (Lipinski definition) is 11. The van der Waals surface area contributed by atoms with Gasteiger partial charge in [0.15, 0.2) is 11.5 Å². The zero-order chi connectivity index (χ0) is 42.4. The lowest BCUT2D eigenvalue weighted by molar-refractivity contribution is -0.244. The van der Waals surface area contributed by atoms with Crippen molar-refractivity contribution < 1.29 is 59.7 Å². The minimum absolute atomic E-state index is 0.0428. The Hall–Kier alpha value is -4.81. The minimum Gasteiger partial charge on any atom is -0.493 e. The van der Waals surface area contributed by atoms with E-state index in [0.29, 0.717) is 68.2 Å². The first-order valence-electron chi connectivity index (χ1n) is 19.3. The molecule has 3 heterocycles. The van der Waals surface area contributed by atoms with E-state index in [1.807, 2.05) is 13.0 Å². The number of nitrogens with zero attached hydrogens (tertiary/aromatic N) is 2. The number of benzene rings is 1. The molecule has 3 N–H and O–H groups in total. The van der Waals surface area contributed by atoms with Crippen molar-refractivity contribution >= 4 is 44.6 Å². The van der Waals surface area contributed by atoms with Gasteiger partial charge in [-0.25, -0.2) is 18.2 Å². The van der Waals surface area contributed by atoms with Crippen molar-refractivity contribution in [3.63, 3.8) is 0 Å². The Morgan fingerprint density at radius 1 is 1.03 bits per heavy atom. The van der Waals surface area contributed by atoms with Crippen LogP contribution in [0.3, 0.4) is 0 Å². The summed E-state index contributed by atoms with van der Waals surface area (Å²) in [5, 5.41) is 5.65. The summed E-state index contributed by atoms with van der Waals surface area (Å²) in [6.07, 6.45) is 0.134. The average Bonchev–Trinajstić information content (AvgIpc) is 4.07. The van der Waals surface area contributed by atoms with Crippen LogP contribution in [0.25, 0.3) is 10.8 Å². The van der Waals surface area contributed by atoms with Gasteiger partial charge in [-0.05, 0) is 87.8 Å². The van der Waals surface area contributed by atoms with Crippen molar-refractivity contribution in [1.82, 2.24) is 25.2 Å². The Bertz CT molecular complexity index is 2080. The van der Waals surface area contributed by atoms with Crippen molar-refractivity contribution in [2.75, 3.05) is 20.8 Å². The maximum Gasteiger partial charge on any atom is 0.427 e. The summed E-state index contributed by atoms with van der Waals surface area (Å²) in [6.45, 7) is 4.75. The number of aromatic nitrogens is 1. The number of allylic oxidation sites excluding steroid dienone is 1. The first-order chi connectivity index (χ1) is 27.2. The molecule has 1 aromatic carbocycles. The van der Waals surface area contributed by atoms with Gasteiger partial charge < -0.3 is 34.5 Å². The quantitative estimate of drug-likeness (QED) is 0.301. The lowest BCUT2D eigenvalue weighted by Crippen LogP contribution is -2.59. The molecule has 0 bridgehead atoms. The largest absolute Gasteiger partial charge is 0.493 e. The first kappa shape index (κ1) is 42.8. The molecule has 58 heavy (non-hydrogen) atoms. The van der Waals surface area contributed by atoms with Crippen LogP contribution in [0.15, 0.2) is 36.5 Å². The highest BCUT2D eigenvalue weighted by Crippen LogP contribution is 2.46. The lowest BCUT2D eigenvalue weighted by Gasteiger charge is -2.34. The van der Waals surface area contributed by atoms with E-state index in [-0.39, 0.29) is 31.2 Å². The molecule has 2 aliphatic carbocycles. The molecule has 19 heteroatoms. The zero-order valence-electron chi connectivity index (χ0n) is 33.2. The van der Waals surface area contributed by atoms with Gasteiger partial charge in [0, 0.05) is 23.9 Å². The number of alkyl halides is 3. The summed E-state index contributed by atoms with van der Waals surface area (Å²) in [6, 6.07) is 2.34. The average molecular weight is 838 g/mol. The predicted octanol–water partition coefficient (Wildman–Crippen LogP) is 4.53. The van der Waals surface area contributed by atoms with Crippen LogP contribution < -0.4 is 29.6 Å². The molecule has 6 rings (SSSR count). The molecule has 2 aliphatic heterocycles. The molecule has 4 amide bonds. The van der Waals surface area contributed by atoms with Gasteiger partial charge in [0.05, 0.1) is 26.0 Å². The molecule has 0 spiro atoms. The molecule has 1 aromatic heterocycles. The van der Waals surface area contributed by atoms with Gasteiger partial charge in [0.25, 0.3) is 5.91 Å². The molecule has 15 nitrogen and oxygen atoms in total. The van der Waals surface area contributed by atoms with Crippen LogP contribution in [0.1, 0.15) is 72.6 Å². The molecule has 3 fully saturated rings. The molecule has 1 saturated heterocycles. The Morgan fingerprint density at radius 3 is 2.38 bits per heavy atom. The molecule has 4 aliphatic rings. The van der Waals surface area contributed by atoms with Gasteiger partial charge in [0.1, 0.15) is 23.7 Å². The van der Waals surface area contributed by atoms with Crippen LogP contribution in [-0.2, 0) is 29.1 Å². The van der Waals surface area contributed by atoms with Gasteiger partial charge in [-0.3, -0.25) is 19.1 Å². The fourth-order valence-electron chi connectivity index (χ4n) is 7.67. The predicted molar refractivity (Wildman–Crippen MR) is 203 cm³/mol. The summed E-state index contributed by atoms with van der Waals surface area (Å²) in [7, 11) is -1.03. The number of fused-ring (bicyclic) bond motifs is 3. The molecule has 318 valence electrons. The number of nitrogens with one attached hydrogen (secondary N) is 3. The van der Waals surface area contributed by atoms with E-state index < -0.39 is 86.4 Å². The topological polar surface area (TPSA) is 192 Å². The third-order valence-electron chi connectivity index (χ3n) is 11.4. The molecular weight excluding hydrogens is 788 g/mol. The third kappa shape index (κ3) is 8.93. The maximum absolute atomic E-state index is 14.7. The molecule has 0 radical (unpaired) electrons. The number of ether oxygens (including phenoxy) is 4. The number of hydrogen-bond donors (Lipinski definition) is 3. The second-order valence-corrected chi connectivity index (χ2v) is 18.3. The summed E-state index contributed by atoms with van der Waals surface area (Å²) in [5.74, 6) is -2.73. The van der Waals surface area contributed by atoms with Crippen molar-refractivity contribution in [2.24, 2.45) is 17.8 Å². The van der Waals surface area contributed by atoms with E-state index in [1.54, 1.807) is 31.2 Å². The van der Waals surface area contributed by atoms with Crippen molar-refractivity contribution in [3.05, 3.63) is 36.5 Å². The van der Waals surface area contributed by atoms with Crippen LogP contribution in [0, 0.1) is 17.8 Å². The van der Waals surface area contributed by atoms with Crippen LogP contribution in [0.2, 0.25) is 0 Å². The van der Waals surface area contributed by atoms with E-state index in [0.717, 1.165) is 0 Å². The lowest BCUT2D eigenvalue weighted by atomic mass is 9.88. The van der Waals surface area contributed by atoms with E-state index in [4.69, 9.17) is 18.9 Å². The third-order valence-corrected chi connectivity index (χ3v) is 13.2. The van der Waals surface area contributed by atoms with E-state index in [9.17, 15) is 40.8 Å². The Labute approximate surface area is 334 Å². The normalized spacial score (nSPS) is 28.8. The zero-order valence-corrected chi connectivity index (χ0v) is 34.0. The number of carbonyl (C=O) groups excluding carboxylic acids is 4. The van der Waals surface area contributed by atoms with Crippen molar-refractivity contribution in [2.45, 2.75) is 113 Å². The highest BCUT2D eigenvalue weighted by Gasteiger charge is 2.62. The Morgan fingerprint density at radius 2 is 1.72 bits per heavy atom. The summed E-state index contributed by atoms with van der Waals surface area (Å²) in [5.41, 5.74) is -4.53. The van der Waals surface area contributed by atoms with E-state index in [2.05, 4.69) is 20.3 Å². The fraction of sp³-hybridized carbons (Fsp3) is 0.615. The number of alkyl carbamates (subject to hydrolysis) is 1. The number of amides is 4. The minimum atomic E-state index is -4.92. The second kappa shape index (κ2) is 16.1. The number of carbonyl (C=O) groups is 4. The van der Waals surface area contributed by atoms with Crippen LogP contribution in [-0.4, -0.2) is 104 Å². The SMILES string of the molecule is COc1cc2ccnc(O[C@@H]3C[C@H]4C(=O)N[C@]5(C(=O)NS(=O)(=O)C6CC6)C[C@H]5/C=C\CC[C@@H](C)C[C@@H](C)[C@H](NC(=O)OC(C)(C)C(F)(F)F)C(=O)N4C3)c2cc1OC. The molecule has 2 saturated carbocycles. The summed E-state index contributed by atoms with van der Waals surface area (Å²) >= 11 is 0. The van der Waals surface area contributed by atoms with Gasteiger partial charge in [-0.1, -0.05) is 26.0 Å². The van der Waals surface area contributed by atoms with Crippen molar-refractivity contribution in [1.29, 1.82) is 0 Å². The van der Waals surface area contributed by atoms with Gasteiger partial charge in [-0.2, -0.15) is 13.2 Å². The number of sulfonamides is 1. The first-order valence-corrected chi connectivity index (χ1v) is 20.8. The standard InChI is InChI=1S/C39H50F3N5O10S/c1-21-9-7-8-10-24-19-38(24,35(50)46-58(52,53)26-11-12-26)45-32(48)28-17-25(56-33-27-18-30(55-6)29(54-5)16-23(27)13-14-43-33)20-47(28)34(49)31(22(2)15-21)44-36(51)57-37(3,4)39(40,41)42/h8,10,13-14,16,18,21-22,24-26,28,31H,7,9,11-12,15,17,19-20H2,1-6H3,(H,44,51)(H,45,48)(H,46,50)/b10-8-/t21-,22-,24-,25-,28+,31+,38-/m1/s1. The van der Waals surface area contributed by atoms with Crippen molar-refractivity contribution in [3.8, 4) is 17.4 Å². The molecule has 0 unspecified atom stereocenters. The summed E-state index contributed by atoms with van der Waals surface area (Å²) in [4.78, 5) is 61.7. The molecule has 2 aromatic rings. The molecular formula is C39H50F3N5O10S. The smallest absolute Gasteiger partial charge is 0.427 e. The molecule has 7 atom stereocenters. The van der Waals surface area contributed by atoms with Crippen LogP contribution in [0.4, 0.5) is 18.0 Å². The number of pyridine rings is 1. The van der Waals surface area contributed by atoms with E-state index in [1.165, 1.54) is 25.3 Å². The number of methoxy groups -OCH3 is 2. The maximum atomic E-state index is 14.7. The summed E-state index contributed by atoms with van der Waals surface area (Å²) < 4.78 is 91.2. The number of halogens is 3.